The zero-order chi connectivity index (χ0) is 18.1. The standard InChI is InChI=1S/C20H20N2O4/c1-13-4-2-3-5-14(13)10-22-11-15(8-19(22)23)20(24)21-16-6-7-17-18(9-16)26-12-25-17/h2-7,9,15H,8,10-12H2,1H3,(H,21,24). The highest BCUT2D eigenvalue weighted by Gasteiger charge is 2.34. The second-order valence-electron chi connectivity index (χ2n) is 6.66. The number of nitrogens with zero attached hydrogens (tertiary/aromatic N) is 1. The molecule has 6 nitrogen and oxygen atoms in total. The van der Waals surface area contributed by atoms with Gasteiger partial charge in [-0.15, -0.1) is 0 Å². The van der Waals surface area contributed by atoms with Gasteiger partial charge in [-0.3, -0.25) is 9.59 Å². The maximum atomic E-state index is 12.6. The summed E-state index contributed by atoms with van der Waals surface area (Å²) in [5.41, 5.74) is 2.90. The van der Waals surface area contributed by atoms with Crippen LogP contribution in [-0.2, 0) is 16.1 Å². The van der Waals surface area contributed by atoms with Crippen LogP contribution in [0.15, 0.2) is 42.5 Å². The highest BCUT2D eigenvalue weighted by atomic mass is 16.7. The van der Waals surface area contributed by atoms with Gasteiger partial charge < -0.3 is 19.7 Å². The van der Waals surface area contributed by atoms with Gasteiger partial charge in [-0.1, -0.05) is 24.3 Å². The number of carbonyl (C=O) groups is 2. The Bertz CT molecular complexity index is 865. The van der Waals surface area contributed by atoms with E-state index in [1.54, 1.807) is 23.1 Å². The first-order valence-electron chi connectivity index (χ1n) is 8.63. The number of ether oxygens (including phenoxy) is 2. The predicted octanol–water partition coefficient (Wildman–Crippen LogP) is 2.71. The summed E-state index contributed by atoms with van der Waals surface area (Å²) in [5, 5.41) is 2.88. The van der Waals surface area contributed by atoms with Gasteiger partial charge in [-0.25, -0.2) is 0 Å². The van der Waals surface area contributed by atoms with Gasteiger partial charge >= 0.3 is 0 Å². The van der Waals surface area contributed by atoms with Crippen molar-refractivity contribution in [2.45, 2.75) is 19.9 Å². The van der Waals surface area contributed by atoms with E-state index in [0.29, 0.717) is 30.3 Å². The van der Waals surface area contributed by atoms with Crippen molar-refractivity contribution in [1.29, 1.82) is 0 Å². The first-order chi connectivity index (χ1) is 12.6. The number of aryl methyl sites for hydroxylation is 1. The van der Waals surface area contributed by atoms with Crippen LogP contribution < -0.4 is 14.8 Å². The minimum atomic E-state index is -0.350. The quantitative estimate of drug-likeness (QED) is 0.919. The second-order valence-corrected chi connectivity index (χ2v) is 6.66. The molecule has 1 unspecified atom stereocenters. The molecule has 0 bridgehead atoms. The van der Waals surface area contributed by atoms with Gasteiger partial charge in [0.1, 0.15) is 0 Å². The van der Waals surface area contributed by atoms with E-state index < -0.39 is 0 Å². The molecule has 2 aliphatic heterocycles. The van der Waals surface area contributed by atoms with Crippen LogP contribution in [0.25, 0.3) is 0 Å². The van der Waals surface area contributed by atoms with Crippen molar-refractivity contribution in [3.05, 3.63) is 53.6 Å². The van der Waals surface area contributed by atoms with Gasteiger partial charge in [-0.05, 0) is 30.2 Å². The lowest BCUT2D eigenvalue weighted by molar-refractivity contribution is -0.128. The van der Waals surface area contributed by atoms with Crippen LogP contribution in [0.2, 0.25) is 0 Å². The molecule has 2 aromatic carbocycles. The number of likely N-dealkylation sites (tertiary alicyclic amines) is 1. The van der Waals surface area contributed by atoms with Crippen LogP contribution >= 0.6 is 0 Å². The first kappa shape index (κ1) is 16.4. The number of carbonyl (C=O) groups excluding carboxylic acids is 2. The Hall–Kier alpha value is -3.02. The molecule has 4 rings (SSSR count). The molecule has 1 N–H and O–H groups in total. The lowest BCUT2D eigenvalue weighted by atomic mass is 10.1. The maximum Gasteiger partial charge on any atom is 0.231 e. The lowest BCUT2D eigenvalue weighted by Gasteiger charge is -2.18. The third-order valence-electron chi connectivity index (χ3n) is 4.85. The first-order valence-corrected chi connectivity index (χ1v) is 8.63. The summed E-state index contributed by atoms with van der Waals surface area (Å²) in [6, 6.07) is 13.3. The van der Waals surface area contributed by atoms with Crippen molar-refractivity contribution >= 4 is 17.5 Å². The molecule has 0 radical (unpaired) electrons. The molecule has 0 aromatic heterocycles. The van der Waals surface area contributed by atoms with Crippen molar-refractivity contribution < 1.29 is 19.1 Å². The smallest absolute Gasteiger partial charge is 0.231 e. The van der Waals surface area contributed by atoms with Gasteiger partial charge in [0.05, 0.1) is 5.92 Å². The number of fused-ring (bicyclic) bond motifs is 1. The van der Waals surface area contributed by atoms with E-state index in [1.165, 1.54) is 0 Å². The molecule has 134 valence electrons. The van der Waals surface area contributed by atoms with Crippen LogP contribution in [0.4, 0.5) is 5.69 Å². The van der Waals surface area contributed by atoms with Crippen molar-refractivity contribution in [1.82, 2.24) is 4.90 Å². The monoisotopic (exact) mass is 352 g/mol. The molecule has 1 atom stereocenters. The van der Waals surface area contributed by atoms with E-state index in [9.17, 15) is 9.59 Å². The number of hydrogen-bond acceptors (Lipinski definition) is 4. The van der Waals surface area contributed by atoms with Gasteiger partial charge in [0.25, 0.3) is 0 Å². The van der Waals surface area contributed by atoms with Crippen LogP contribution in [0.1, 0.15) is 17.5 Å². The summed E-state index contributed by atoms with van der Waals surface area (Å²) in [5.74, 6) is 0.801. The molecule has 2 aromatic rings. The molecule has 2 heterocycles. The Morgan fingerprint density at radius 3 is 2.85 bits per heavy atom. The summed E-state index contributed by atoms with van der Waals surface area (Å²) in [7, 11) is 0. The minimum Gasteiger partial charge on any atom is -0.454 e. The zero-order valence-corrected chi connectivity index (χ0v) is 14.5. The summed E-state index contributed by atoms with van der Waals surface area (Å²) in [6.45, 7) is 3.19. The highest BCUT2D eigenvalue weighted by Crippen LogP contribution is 2.34. The Balaban J connectivity index is 1.40. The third kappa shape index (κ3) is 3.22. The average molecular weight is 352 g/mol. The fourth-order valence-electron chi connectivity index (χ4n) is 3.31. The Kier molecular flexibility index (Phi) is 4.24. The van der Waals surface area contributed by atoms with Crippen LogP contribution in [-0.4, -0.2) is 30.1 Å². The second kappa shape index (κ2) is 6.71. The van der Waals surface area contributed by atoms with Crippen LogP contribution in [0.5, 0.6) is 11.5 Å². The normalized spacial score (nSPS) is 18.3. The van der Waals surface area contributed by atoms with E-state index in [4.69, 9.17) is 9.47 Å². The highest BCUT2D eigenvalue weighted by molar-refractivity contribution is 5.97. The molecule has 1 fully saturated rings. The van der Waals surface area contributed by atoms with E-state index in [2.05, 4.69) is 5.32 Å². The molecular formula is C20H20N2O4. The Labute approximate surface area is 151 Å². The lowest BCUT2D eigenvalue weighted by Crippen LogP contribution is -2.28. The van der Waals surface area contributed by atoms with Gasteiger partial charge in [-0.2, -0.15) is 0 Å². The van der Waals surface area contributed by atoms with Crippen LogP contribution in [0.3, 0.4) is 0 Å². The maximum absolute atomic E-state index is 12.6. The number of amides is 2. The molecule has 2 aliphatic rings. The summed E-state index contributed by atoms with van der Waals surface area (Å²) in [6.07, 6.45) is 0.238. The van der Waals surface area contributed by atoms with E-state index >= 15 is 0 Å². The van der Waals surface area contributed by atoms with Crippen molar-refractivity contribution in [3.8, 4) is 11.5 Å². The number of nitrogens with one attached hydrogen (secondary N) is 1. The number of rotatable bonds is 4. The third-order valence-corrected chi connectivity index (χ3v) is 4.85. The molecule has 6 heteroatoms. The molecule has 0 saturated carbocycles. The van der Waals surface area contributed by atoms with Crippen LogP contribution in [0, 0.1) is 12.8 Å². The molecule has 2 amide bonds. The molecule has 0 spiro atoms. The largest absolute Gasteiger partial charge is 0.454 e. The fourth-order valence-corrected chi connectivity index (χ4v) is 3.31. The minimum absolute atomic E-state index is 0.0130. The van der Waals surface area contributed by atoms with Gasteiger partial charge in [0.15, 0.2) is 11.5 Å². The SMILES string of the molecule is Cc1ccccc1CN1CC(C(=O)Nc2ccc3c(c2)OCO3)CC1=O. The number of benzene rings is 2. The Morgan fingerprint density at radius 2 is 2.00 bits per heavy atom. The topological polar surface area (TPSA) is 67.9 Å². The van der Waals surface area contributed by atoms with Crippen molar-refractivity contribution in [2.24, 2.45) is 5.92 Å². The fraction of sp³-hybridized carbons (Fsp3) is 0.300. The van der Waals surface area contributed by atoms with Gasteiger partial charge in [0, 0.05) is 31.3 Å². The van der Waals surface area contributed by atoms with E-state index in [-0.39, 0.29) is 30.9 Å². The average Bonchev–Trinajstić information content (AvgIpc) is 3.23. The zero-order valence-electron chi connectivity index (χ0n) is 14.5. The molecule has 0 aliphatic carbocycles. The summed E-state index contributed by atoms with van der Waals surface area (Å²) in [4.78, 5) is 26.6. The van der Waals surface area contributed by atoms with Gasteiger partial charge in [0.2, 0.25) is 18.6 Å². The summed E-state index contributed by atoms with van der Waals surface area (Å²) < 4.78 is 10.6. The molecule has 1 saturated heterocycles. The van der Waals surface area contributed by atoms with E-state index in [0.717, 1.165) is 11.1 Å². The summed E-state index contributed by atoms with van der Waals surface area (Å²) >= 11 is 0. The Morgan fingerprint density at radius 1 is 1.19 bits per heavy atom. The predicted molar refractivity (Wildman–Crippen MR) is 95.9 cm³/mol. The van der Waals surface area contributed by atoms with E-state index in [1.807, 2.05) is 31.2 Å². The van der Waals surface area contributed by atoms with Crippen molar-refractivity contribution in [2.75, 3.05) is 18.7 Å². The number of hydrogen-bond donors (Lipinski definition) is 1. The molecular weight excluding hydrogens is 332 g/mol. The number of anilines is 1. The van der Waals surface area contributed by atoms with Crippen molar-refractivity contribution in [3.63, 3.8) is 0 Å². The molecule has 26 heavy (non-hydrogen) atoms.